The Bertz CT molecular complexity index is 339. The molecule has 0 saturated carbocycles. The largest absolute Gasteiger partial charge is 0.376 e. The molecule has 1 N–H and O–H groups in total. The van der Waals surface area contributed by atoms with E-state index < -0.39 is 0 Å². The summed E-state index contributed by atoms with van der Waals surface area (Å²) < 4.78 is 9.90. The Labute approximate surface area is 101 Å². The Morgan fingerprint density at radius 2 is 2.31 bits per heavy atom. The fourth-order valence-electron chi connectivity index (χ4n) is 1.61. The lowest BCUT2D eigenvalue weighted by Gasteiger charge is -2.12. The minimum Gasteiger partial charge on any atom is -0.376 e. The van der Waals surface area contributed by atoms with Gasteiger partial charge in [0.05, 0.1) is 6.10 Å². The number of ether oxygens (including phenoxy) is 1. The van der Waals surface area contributed by atoms with Crippen molar-refractivity contribution in [2.75, 3.05) is 18.5 Å². The monoisotopic (exact) mass is 241 g/mol. The van der Waals surface area contributed by atoms with Crippen LogP contribution in [0.4, 0.5) is 5.13 Å². The van der Waals surface area contributed by atoms with Gasteiger partial charge in [0.15, 0.2) is 0 Å². The van der Waals surface area contributed by atoms with Crippen LogP contribution in [-0.4, -0.2) is 28.6 Å². The molecular formula is C11H19N3OS. The molecule has 1 aliphatic rings. The van der Waals surface area contributed by atoms with Gasteiger partial charge in [-0.05, 0) is 12.8 Å². The molecule has 1 unspecified atom stereocenters. The normalized spacial score (nSPS) is 21.3. The fourth-order valence-corrected chi connectivity index (χ4v) is 2.37. The first-order valence-electron chi connectivity index (χ1n) is 5.75. The predicted molar refractivity (Wildman–Crippen MR) is 66.1 cm³/mol. The van der Waals surface area contributed by atoms with E-state index in [4.69, 9.17) is 4.74 Å². The zero-order chi connectivity index (χ0) is 11.6. The average molecular weight is 241 g/mol. The third-order valence-corrected chi connectivity index (χ3v) is 3.27. The number of nitrogens with one attached hydrogen (secondary N) is 1. The second-order valence-corrected chi connectivity index (χ2v) is 5.94. The first kappa shape index (κ1) is 11.8. The maximum absolute atomic E-state index is 5.54. The molecule has 0 aromatic carbocycles. The van der Waals surface area contributed by atoms with Crippen LogP contribution in [0, 0.1) is 0 Å². The highest BCUT2D eigenvalue weighted by atomic mass is 32.1. The summed E-state index contributed by atoms with van der Waals surface area (Å²) in [6, 6.07) is 0. The molecule has 0 radical (unpaired) electrons. The van der Waals surface area contributed by atoms with Gasteiger partial charge in [0, 0.05) is 30.1 Å². The Kier molecular flexibility index (Phi) is 3.44. The van der Waals surface area contributed by atoms with Gasteiger partial charge in [-0.25, -0.2) is 4.98 Å². The first-order chi connectivity index (χ1) is 7.55. The third kappa shape index (κ3) is 2.92. The SMILES string of the molecule is CC(C)(C)c1nsc(NCC2CCCO2)n1. The summed E-state index contributed by atoms with van der Waals surface area (Å²) in [5.41, 5.74) is 0.0281. The number of nitrogens with zero attached hydrogens (tertiary/aromatic N) is 2. The van der Waals surface area contributed by atoms with Crippen LogP contribution in [0.2, 0.25) is 0 Å². The van der Waals surface area contributed by atoms with Crippen LogP contribution in [0.15, 0.2) is 0 Å². The fraction of sp³-hybridized carbons (Fsp3) is 0.818. The van der Waals surface area contributed by atoms with Crippen molar-refractivity contribution < 1.29 is 4.74 Å². The Morgan fingerprint density at radius 3 is 2.88 bits per heavy atom. The molecule has 0 aliphatic carbocycles. The van der Waals surface area contributed by atoms with Crippen molar-refractivity contribution >= 4 is 16.7 Å². The molecule has 1 aliphatic heterocycles. The molecule has 1 fully saturated rings. The Morgan fingerprint density at radius 1 is 1.50 bits per heavy atom. The summed E-state index contributed by atoms with van der Waals surface area (Å²) in [4.78, 5) is 4.48. The minimum absolute atomic E-state index is 0.0281. The van der Waals surface area contributed by atoms with Crippen LogP contribution in [0.25, 0.3) is 0 Å². The highest BCUT2D eigenvalue weighted by Gasteiger charge is 2.20. The molecule has 0 spiro atoms. The molecule has 4 nitrogen and oxygen atoms in total. The van der Waals surface area contributed by atoms with E-state index in [0.29, 0.717) is 6.10 Å². The molecule has 1 aromatic rings. The maximum Gasteiger partial charge on any atom is 0.202 e. The van der Waals surface area contributed by atoms with Crippen molar-refractivity contribution in [2.45, 2.75) is 45.1 Å². The summed E-state index contributed by atoms with van der Waals surface area (Å²) >= 11 is 1.43. The van der Waals surface area contributed by atoms with Gasteiger partial charge in [-0.3, -0.25) is 0 Å². The van der Waals surface area contributed by atoms with E-state index in [1.807, 2.05) is 0 Å². The van der Waals surface area contributed by atoms with Crippen molar-refractivity contribution in [1.82, 2.24) is 9.36 Å². The van der Waals surface area contributed by atoms with E-state index in [2.05, 4.69) is 35.4 Å². The summed E-state index contributed by atoms with van der Waals surface area (Å²) in [6.07, 6.45) is 2.68. The zero-order valence-electron chi connectivity index (χ0n) is 10.1. The van der Waals surface area contributed by atoms with Gasteiger partial charge in [0.2, 0.25) is 5.13 Å². The molecule has 5 heteroatoms. The summed E-state index contributed by atoms with van der Waals surface area (Å²) in [5.74, 6) is 0.910. The smallest absolute Gasteiger partial charge is 0.202 e. The number of hydrogen-bond donors (Lipinski definition) is 1. The lowest BCUT2D eigenvalue weighted by atomic mass is 9.96. The van der Waals surface area contributed by atoms with Gasteiger partial charge < -0.3 is 10.1 Å². The van der Waals surface area contributed by atoms with Gasteiger partial charge >= 0.3 is 0 Å². The Hall–Kier alpha value is -0.680. The summed E-state index contributed by atoms with van der Waals surface area (Å²) in [7, 11) is 0. The molecule has 1 saturated heterocycles. The molecule has 0 amide bonds. The quantitative estimate of drug-likeness (QED) is 0.883. The molecule has 1 aromatic heterocycles. The molecule has 90 valence electrons. The molecular weight excluding hydrogens is 222 g/mol. The van der Waals surface area contributed by atoms with Crippen LogP contribution in [0.1, 0.15) is 39.4 Å². The molecule has 16 heavy (non-hydrogen) atoms. The molecule has 2 heterocycles. The van der Waals surface area contributed by atoms with E-state index in [-0.39, 0.29) is 5.41 Å². The topological polar surface area (TPSA) is 47.0 Å². The lowest BCUT2D eigenvalue weighted by molar-refractivity contribution is 0.120. The van der Waals surface area contributed by atoms with E-state index in [1.165, 1.54) is 18.0 Å². The van der Waals surface area contributed by atoms with E-state index >= 15 is 0 Å². The average Bonchev–Trinajstić information content (AvgIpc) is 2.85. The van der Waals surface area contributed by atoms with Gasteiger partial charge in [0.25, 0.3) is 0 Å². The number of hydrogen-bond acceptors (Lipinski definition) is 5. The molecule has 1 atom stereocenters. The second kappa shape index (κ2) is 4.67. The van der Waals surface area contributed by atoms with Gasteiger partial charge in [-0.2, -0.15) is 4.37 Å². The lowest BCUT2D eigenvalue weighted by Crippen LogP contribution is -2.18. The van der Waals surface area contributed by atoms with E-state index in [9.17, 15) is 0 Å². The predicted octanol–water partition coefficient (Wildman–Crippen LogP) is 2.43. The van der Waals surface area contributed by atoms with E-state index in [0.717, 1.165) is 30.5 Å². The van der Waals surface area contributed by atoms with Crippen molar-refractivity contribution in [3.05, 3.63) is 5.82 Å². The summed E-state index contributed by atoms with van der Waals surface area (Å²) in [6.45, 7) is 8.12. The molecule has 2 rings (SSSR count). The number of anilines is 1. The van der Waals surface area contributed by atoms with Crippen molar-refractivity contribution in [3.63, 3.8) is 0 Å². The molecule has 0 bridgehead atoms. The van der Waals surface area contributed by atoms with Crippen molar-refractivity contribution in [1.29, 1.82) is 0 Å². The standard InChI is InChI=1S/C11H19N3OS/c1-11(2,3)9-13-10(16-14-9)12-7-8-5-4-6-15-8/h8H,4-7H2,1-3H3,(H,12,13,14). The van der Waals surface area contributed by atoms with Crippen LogP contribution in [0.5, 0.6) is 0 Å². The highest BCUT2D eigenvalue weighted by Crippen LogP contribution is 2.23. The summed E-state index contributed by atoms with van der Waals surface area (Å²) in [5, 5.41) is 4.20. The number of aromatic nitrogens is 2. The highest BCUT2D eigenvalue weighted by molar-refractivity contribution is 7.09. The van der Waals surface area contributed by atoms with E-state index in [1.54, 1.807) is 0 Å². The Balaban J connectivity index is 1.87. The zero-order valence-corrected chi connectivity index (χ0v) is 10.9. The van der Waals surface area contributed by atoms with Gasteiger partial charge in [-0.1, -0.05) is 20.8 Å². The second-order valence-electron chi connectivity index (χ2n) is 5.19. The van der Waals surface area contributed by atoms with Crippen LogP contribution in [-0.2, 0) is 10.2 Å². The van der Waals surface area contributed by atoms with Crippen LogP contribution < -0.4 is 5.32 Å². The third-order valence-electron chi connectivity index (χ3n) is 2.60. The first-order valence-corrected chi connectivity index (χ1v) is 6.53. The number of rotatable bonds is 3. The van der Waals surface area contributed by atoms with Gasteiger partial charge in [-0.15, -0.1) is 0 Å². The minimum atomic E-state index is 0.0281. The van der Waals surface area contributed by atoms with Crippen molar-refractivity contribution in [2.24, 2.45) is 0 Å². The van der Waals surface area contributed by atoms with Crippen LogP contribution in [0.3, 0.4) is 0 Å². The van der Waals surface area contributed by atoms with Gasteiger partial charge in [0.1, 0.15) is 5.82 Å². The van der Waals surface area contributed by atoms with Crippen molar-refractivity contribution in [3.8, 4) is 0 Å². The van der Waals surface area contributed by atoms with Crippen LogP contribution >= 0.6 is 11.5 Å². The maximum atomic E-state index is 5.54.